The van der Waals surface area contributed by atoms with Gasteiger partial charge in [0.1, 0.15) is 0 Å². The van der Waals surface area contributed by atoms with Gasteiger partial charge in [0.2, 0.25) is 0 Å². The first-order chi connectivity index (χ1) is 6.68. The van der Waals surface area contributed by atoms with Crippen LogP contribution in [0.2, 0.25) is 0 Å². The molecule has 1 aliphatic rings. The third-order valence-electron chi connectivity index (χ3n) is 2.81. The number of hydrogen-bond acceptors (Lipinski definition) is 2. The smallest absolute Gasteiger partial charge is 0.0423 e. The molecule has 0 radical (unpaired) electrons. The Kier molecular flexibility index (Phi) is 2.79. The summed E-state index contributed by atoms with van der Waals surface area (Å²) >= 11 is 3.50. The first-order valence-corrected chi connectivity index (χ1v) is 5.74. The summed E-state index contributed by atoms with van der Waals surface area (Å²) in [6.07, 6.45) is 2.25. The highest BCUT2D eigenvalue weighted by atomic mass is 79.9. The average Bonchev–Trinajstić information content (AvgIpc) is 2.28. The van der Waals surface area contributed by atoms with Gasteiger partial charge in [0, 0.05) is 29.8 Å². The molecule has 0 amide bonds. The van der Waals surface area contributed by atoms with Crippen LogP contribution >= 0.6 is 15.9 Å². The third kappa shape index (κ3) is 1.79. The Bertz CT molecular complexity index is 338. The van der Waals surface area contributed by atoms with Crippen molar-refractivity contribution in [3.63, 3.8) is 0 Å². The minimum atomic E-state index is 0.197. The van der Waals surface area contributed by atoms with Crippen LogP contribution in [0.1, 0.15) is 24.4 Å². The molecule has 14 heavy (non-hydrogen) atoms. The van der Waals surface area contributed by atoms with Gasteiger partial charge in [0.05, 0.1) is 0 Å². The summed E-state index contributed by atoms with van der Waals surface area (Å²) < 4.78 is 1.12. The molecule has 1 aromatic carbocycles. The van der Waals surface area contributed by atoms with Crippen LogP contribution in [0.5, 0.6) is 0 Å². The largest absolute Gasteiger partial charge is 0.374 e. The van der Waals surface area contributed by atoms with Crippen molar-refractivity contribution in [1.29, 1.82) is 0 Å². The zero-order chi connectivity index (χ0) is 10.1. The summed E-state index contributed by atoms with van der Waals surface area (Å²) in [5.74, 6) is 0. The van der Waals surface area contributed by atoms with E-state index in [0.717, 1.165) is 17.4 Å². The van der Waals surface area contributed by atoms with E-state index in [1.807, 2.05) is 0 Å². The molecule has 0 spiro atoms. The summed E-state index contributed by atoms with van der Waals surface area (Å²) in [5.41, 5.74) is 8.66. The van der Waals surface area contributed by atoms with Gasteiger partial charge in [-0.25, -0.2) is 0 Å². The van der Waals surface area contributed by atoms with Gasteiger partial charge in [-0.15, -0.1) is 0 Å². The van der Waals surface area contributed by atoms with Crippen molar-refractivity contribution in [2.45, 2.75) is 18.9 Å². The average molecular weight is 255 g/mol. The van der Waals surface area contributed by atoms with Crippen molar-refractivity contribution >= 4 is 21.6 Å². The van der Waals surface area contributed by atoms with E-state index < -0.39 is 0 Å². The monoisotopic (exact) mass is 254 g/mol. The standard InChI is InChI=1S/C11H15BrN2/c1-14-6-2-3-10(13)9-5-4-8(12)7-11(9)14/h4-5,7,10H,2-3,6,13H2,1H3. The van der Waals surface area contributed by atoms with Crippen LogP contribution in [-0.2, 0) is 0 Å². The van der Waals surface area contributed by atoms with E-state index in [4.69, 9.17) is 5.73 Å². The van der Waals surface area contributed by atoms with E-state index in [1.165, 1.54) is 17.7 Å². The van der Waals surface area contributed by atoms with Gasteiger partial charge >= 0.3 is 0 Å². The Labute approximate surface area is 93.2 Å². The van der Waals surface area contributed by atoms with Crippen LogP contribution in [0.4, 0.5) is 5.69 Å². The Hall–Kier alpha value is -0.540. The van der Waals surface area contributed by atoms with E-state index in [2.05, 4.69) is 46.1 Å². The fraction of sp³-hybridized carbons (Fsp3) is 0.455. The normalized spacial score (nSPS) is 21.6. The van der Waals surface area contributed by atoms with Crippen LogP contribution in [0, 0.1) is 0 Å². The molecule has 0 aliphatic carbocycles. The number of hydrogen-bond donors (Lipinski definition) is 1. The van der Waals surface area contributed by atoms with Crippen LogP contribution in [-0.4, -0.2) is 13.6 Å². The topological polar surface area (TPSA) is 29.3 Å². The molecule has 1 aliphatic heterocycles. The lowest BCUT2D eigenvalue weighted by Crippen LogP contribution is -2.17. The molecule has 0 aromatic heterocycles. The minimum Gasteiger partial charge on any atom is -0.374 e. The molecule has 0 saturated heterocycles. The molecule has 1 aromatic rings. The van der Waals surface area contributed by atoms with Gasteiger partial charge in [-0.05, 0) is 30.5 Å². The fourth-order valence-corrected chi connectivity index (χ4v) is 2.33. The number of anilines is 1. The quantitative estimate of drug-likeness (QED) is 0.772. The number of fused-ring (bicyclic) bond motifs is 1. The van der Waals surface area contributed by atoms with Crippen molar-refractivity contribution in [3.8, 4) is 0 Å². The molecule has 1 heterocycles. The lowest BCUT2D eigenvalue weighted by atomic mass is 10.0. The second kappa shape index (κ2) is 3.91. The SMILES string of the molecule is CN1CCCC(N)c2ccc(Br)cc21. The summed E-state index contributed by atoms with van der Waals surface area (Å²) in [7, 11) is 2.13. The number of rotatable bonds is 0. The second-order valence-corrected chi connectivity index (χ2v) is 4.79. The predicted molar refractivity (Wildman–Crippen MR) is 63.6 cm³/mol. The van der Waals surface area contributed by atoms with Crippen LogP contribution in [0.3, 0.4) is 0 Å². The van der Waals surface area contributed by atoms with E-state index in [0.29, 0.717) is 0 Å². The number of nitrogens with zero attached hydrogens (tertiary/aromatic N) is 1. The Morgan fingerprint density at radius 2 is 2.29 bits per heavy atom. The highest BCUT2D eigenvalue weighted by molar-refractivity contribution is 9.10. The lowest BCUT2D eigenvalue weighted by molar-refractivity contribution is 0.633. The molecule has 1 unspecified atom stereocenters. The van der Waals surface area contributed by atoms with Gasteiger partial charge < -0.3 is 10.6 Å². The Morgan fingerprint density at radius 3 is 3.07 bits per heavy atom. The molecule has 0 fully saturated rings. The number of nitrogens with two attached hydrogens (primary N) is 1. The van der Waals surface area contributed by atoms with Gasteiger partial charge in [0.15, 0.2) is 0 Å². The maximum absolute atomic E-state index is 6.12. The molecule has 3 heteroatoms. The fourth-order valence-electron chi connectivity index (χ4n) is 1.99. The van der Waals surface area contributed by atoms with Gasteiger partial charge in [-0.1, -0.05) is 22.0 Å². The molecule has 0 bridgehead atoms. The van der Waals surface area contributed by atoms with Crippen molar-refractivity contribution in [2.24, 2.45) is 5.73 Å². The van der Waals surface area contributed by atoms with E-state index in [-0.39, 0.29) is 6.04 Å². The Morgan fingerprint density at radius 1 is 1.50 bits per heavy atom. The molecular weight excluding hydrogens is 240 g/mol. The minimum absolute atomic E-state index is 0.197. The maximum Gasteiger partial charge on any atom is 0.0423 e. The summed E-state index contributed by atoms with van der Waals surface area (Å²) in [6, 6.07) is 6.55. The third-order valence-corrected chi connectivity index (χ3v) is 3.31. The molecule has 76 valence electrons. The first kappa shape index (κ1) is 9.99. The van der Waals surface area contributed by atoms with Crippen molar-refractivity contribution in [2.75, 3.05) is 18.5 Å². The lowest BCUT2D eigenvalue weighted by Gasteiger charge is -2.20. The number of benzene rings is 1. The zero-order valence-electron chi connectivity index (χ0n) is 8.33. The highest BCUT2D eigenvalue weighted by Gasteiger charge is 2.17. The van der Waals surface area contributed by atoms with Crippen LogP contribution in [0.25, 0.3) is 0 Å². The molecule has 1 atom stereocenters. The highest BCUT2D eigenvalue weighted by Crippen LogP contribution is 2.32. The second-order valence-electron chi connectivity index (χ2n) is 3.87. The number of halogens is 1. The summed E-state index contributed by atoms with van der Waals surface area (Å²) in [4.78, 5) is 2.28. The van der Waals surface area contributed by atoms with E-state index in [9.17, 15) is 0 Å². The van der Waals surface area contributed by atoms with E-state index >= 15 is 0 Å². The molecular formula is C11H15BrN2. The van der Waals surface area contributed by atoms with Crippen molar-refractivity contribution < 1.29 is 0 Å². The van der Waals surface area contributed by atoms with Crippen molar-refractivity contribution in [1.82, 2.24) is 0 Å². The van der Waals surface area contributed by atoms with Gasteiger partial charge in [-0.3, -0.25) is 0 Å². The molecule has 0 saturated carbocycles. The van der Waals surface area contributed by atoms with Crippen LogP contribution in [0.15, 0.2) is 22.7 Å². The molecule has 2 nitrogen and oxygen atoms in total. The predicted octanol–water partition coefficient (Wildman–Crippen LogP) is 2.68. The first-order valence-electron chi connectivity index (χ1n) is 4.94. The maximum atomic E-state index is 6.12. The van der Waals surface area contributed by atoms with Gasteiger partial charge in [-0.2, -0.15) is 0 Å². The van der Waals surface area contributed by atoms with Crippen molar-refractivity contribution in [3.05, 3.63) is 28.2 Å². The van der Waals surface area contributed by atoms with Gasteiger partial charge in [0.25, 0.3) is 0 Å². The van der Waals surface area contributed by atoms with Crippen LogP contribution < -0.4 is 10.6 Å². The zero-order valence-corrected chi connectivity index (χ0v) is 9.92. The molecule has 2 rings (SSSR count). The van der Waals surface area contributed by atoms with E-state index in [1.54, 1.807) is 0 Å². The summed E-state index contributed by atoms with van der Waals surface area (Å²) in [6.45, 7) is 1.09. The Balaban J connectivity index is 2.48. The summed E-state index contributed by atoms with van der Waals surface area (Å²) in [5, 5.41) is 0. The molecule has 2 N–H and O–H groups in total.